The van der Waals surface area contributed by atoms with Crippen LogP contribution < -0.4 is 10.9 Å². The van der Waals surface area contributed by atoms with Crippen LogP contribution in [0.15, 0.2) is 65.7 Å². The van der Waals surface area contributed by atoms with Crippen molar-refractivity contribution in [3.63, 3.8) is 0 Å². The first-order valence-corrected chi connectivity index (χ1v) is 9.26. The zero-order chi connectivity index (χ0) is 18.6. The van der Waals surface area contributed by atoms with Crippen LogP contribution in [0.1, 0.15) is 12.8 Å². The van der Waals surface area contributed by atoms with E-state index < -0.39 is 0 Å². The fraction of sp³-hybridized carbons (Fsp3) is 0.286. The summed E-state index contributed by atoms with van der Waals surface area (Å²) < 4.78 is 1.70. The Kier molecular flexibility index (Phi) is 4.87. The van der Waals surface area contributed by atoms with E-state index in [0.717, 1.165) is 24.0 Å². The number of piperidine rings is 1. The van der Waals surface area contributed by atoms with Gasteiger partial charge in [0, 0.05) is 25.3 Å². The molecule has 0 radical (unpaired) electrons. The molecule has 1 aliphatic rings. The van der Waals surface area contributed by atoms with Gasteiger partial charge in [0.25, 0.3) is 5.56 Å². The molecule has 2 heterocycles. The van der Waals surface area contributed by atoms with Crippen molar-refractivity contribution in [2.75, 3.05) is 18.4 Å². The van der Waals surface area contributed by atoms with Gasteiger partial charge < -0.3 is 10.2 Å². The minimum atomic E-state index is -0.0656. The number of nitrogens with zero attached hydrogens (tertiary/aromatic N) is 3. The monoisotopic (exact) mass is 362 g/mol. The van der Waals surface area contributed by atoms with E-state index in [1.54, 1.807) is 10.9 Å². The molecule has 1 aromatic heterocycles. The van der Waals surface area contributed by atoms with Gasteiger partial charge in [-0.2, -0.15) is 0 Å². The largest absolute Gasteiger partial charge is 0.325 e. The highest BCUT2D eigenvalue weighted by Crippen LogP contribution is 2.20. The summed E-state index contributed by atoms with van der Waals surface area (Å²) in [4.78, 5) is 31.2. The van der Waals surface area contributed by atoms with Gasteiger partial charge in [0.2, 0.25) is 0 Å². The standard InChI is InChI=1S/C21H22N4O2/c26-20-18-8-4-5-9-19(18)22-15-25(20)14-16-10-12-24(13-11-16)21(27)23-17-6-2-1-3-7-17/h1-9,15-16H,10-14H2,(H,23,27). The summed E-state index contributed by atoms with van der Waals surface area (Å²) in [5.41, 5.74) is 1.54. The predicted molar refractivity (Wildman–Crippen MR) is 106 cm³/mol. The summed E-state index contributed by atoms with van der Waals surface area (Å²) in [6.07, 6.45) is 3.39. The van der Waals surface area contributed by atoms with E-state index in [9.17, 15) is 9.59 Å². The highest BCUT2D eigenvalue weighted by atomic mass is 16.2. The number of carbonyl (C=O) groups is 1. The molecule has 27 heavy (non-hydrogen) atoms. The number of carbonyl (C=O) groups excluding carboxylic acids is 1. The molecule has 1 fully saturated rings. The molecule has 4 rings (SSSR count). The van der Waals surface area contributed by atoms with Crippen LogP contribution in [0.4, 0.5) is 10.5 Å². The molecule has 0 spiro atoms. The van der Waals surface area contributed by atoms with Gasteiger partial charge in [-0.15, -0.1) is 0 Å². The molecule has 0 aliphatic carbocycles. The number of aromatic nitrogens is 2. The Labute approximate surface area is 157 Å². The first kappa shape index (κ1) is 17.3. The summed E-state index contributed by atoms with van der Waals surface area (Å²) >= 11 is 0. The van der Waals surface area contributed by atoms with Gasteiger partial charge in [0.05, 0.1) is 17.2 Å². The molecule has 1 aliphatic heterocycles. The smallest absolute Gasteiger partial charge is 0.321 e. The zero-order valence-corrected chi connectivity index (χ0v) is 15.0. The number of urea groups is 1. The summed E-state index contributed by atoms with van der Waals surface area (Å²) in [6.45, 7) is 2.03. The second-order valence-corrected chi connectivity index (χ2v) is 6.95. The Hall–Kier alpha value is -3.15. The quantitative estimate of drug-likeness (QED) is 0.777. The molecule has 6 heteroatoms. The molecule has 138 valence electrons. The first-order valence-electron chi connectivity index (χ1n) is 9.26. The van der Waals surface area contributed by atoms with Crippen molar-refractivity contribution in [3.8, 4) is 0 Å². The van der Waals surface area contributed by atoms with E-state index in [4.69, 9.17) is 0 Å². The van der Waals surface area contributed by atoms with Crippen LogP contribution in [-0.4, -0.2) is 33.6 Å². The van der Waals surface area contributed by atoms with Crippen LogP contribution >= 0.6 is 0 Å². The molecule has 0 unspecified atom stereocenters. The van der Waals surface area contributed by atoms with Crippen molar-refractivity contribution in [2.45, 2.75) is 19.4 Å². The third-order valence-corrected chi connectivity index (χ3v) is 5.11. The van der Waals surface area contributed by atoms with Crippen LogP contribution in [0.25, 0.3) is 10.9 Å². The third-order valence-electron chi connectivity index (χ3n) is 5.11. The van der Waals surface area contributed by atoms with E-state index in [-0.39, 0.29) is 11.6 Å². The second-order valence-electron chi connectivity index (χ2n) is 6.95. The van der Waals surface area contributed by atoms with Gasteiger partial charge in [0.15, 0.2) is 0 Å². The van der Waals surface area contributed by atoms with Crippen LogP contribution in [0, 0.1) is 5.92 Å². The van der Waals surface area contributed by atoms with Crippen molar-refractivity contribution in [1.29, 1.82) is 0 Å². The summed E-state index contributed by atoms with van der Waals surface area (Å²) in [5, 5.41) is 3.58. The number of hydrogen-bond donors (Lipinski definition) is 1. The average Bonchev–Trinajstić information content (AvgIpc) is 2.71. The minimum absolute atomic E-state index is 0.00449. The lowest BCUT2D eigenvalue weighted by Crippen LogP contribution is -2.42. The number of fused-ring (bicyclic) bond motifs is 1. The Morgan fingerprint density at radius 1 is 1.04 bits per heavy atom. The van der Waals surface area contributed by atoms with Gasteiger partial charge in [-0.1, -0.05) is 30.3 Å². The molecule has 2 aromatic carbocycles. The van der Waals surface area contributed by atoms with E-state index in [0.29, 0.717) is 30.9 Å². The molecule has 0 bridgehead atoms. The Bertz CT molecular complexity index is 992. The lowest BCUT2D eigenvalue weighted by Gasteiger charge is -2.32. The number of anilines is 1. The Morgan fingerprint density at radius 3 is 2.52 bits per heavy atom. The molecular weight excluding hydrogens is 340 g/mol. The topological polar surface area (TPSA) is 67.2 Å². The maximum atomic E-state index is 12.6. The van der Waals surface area contributed by atoms with Crippen molar-refractivity contribution in [1.82, 2.24) is 14.5 Å². The number of para-hydroxylation sites is 2. The SMILES string of the molecule is O=C(Nc1ccccc1)N1CCC(Cn2cnc3ccccc3c2=O)CC1. The fourth-order valence-corrected chi connectivity index (χ4v) is 3.56. The van der Waals surface area contributed by atoms with Crippen molar-refractivity contribution < 1.29 is 4.79 Å². The zero-order valence-electron chi connectivity index (χ0n) is 15.0. The molecule has 3 aromatic rings. The van der Waals surface area contributed by atoms with Crippen LogP contribution in [0.3, 0.4) is 0 Å². The lowest BCUT2D eigenvalue weighted by molar-refractivity contribution is 0.176. The first-order chi connectivity index (χ1) is 13.2. The van der Waals surface area contributed by atoms with Gasteiger partial charge >= 0.3 is 6.03 Å². The van der Waals surface area contributed by atoms with Crippen LogP contribution in [0.2, 0.25) is 0 Å². The van der Waals surface area contributed by atoms with Gasteiger partial charge in [-0.25, -0.2) is 9.78 Å². The maximum Gasteiger partial charge on any atom is 0.321 e. The Morgan fingerprint density at radius 2 is 1.74 bits per heavy atom. The third kappa shape index (κ3) is 3.84. The van der Waals surface area contributed by atoms with Crippen LogP contribution in [-0.2, 0) is 6.54 Å². The molecule has 0 atom stereocenters. The van der Waals surface area contributed by atoms with Gasteiger partial charge in [0.1, 0.15) is 0 Å². The molecule has 1 saturated heterocycles. The number of benzene rings is 2. The summed E-state index contributed by atoms with van der Waals surface area (Å²) in [7, 11) is 0. The second kappa shape index (κ2) is 7.61. The predicted octanol–water partition coefficient (Wildman–Crippen LogP) is 3.34. The van der Waals surface area contributed by atoms with E-state index in [2.05, 4.69) is 10.3 Å². The highest BCUT2D eigenvalue weighted by Gasteiger charge is 2.23. The normalized spacial score (nSPS) is 15.0. The van der Waals surface area contributed by atoms with Crippen LogP contribution in [0.5, 0.6) is 0 Å². The van der Waals surface area contributed by atoms with E-state index in [1.807, 2.05) is 59.5 Å². The molecule has 0 saturated carbocycles. The van der Waals surface area contributed by atoms with E-state index in [1.165, 1.54) is 0 Å². The Balaban J connectivity index is 1.36. The number of nitrogens with one attached hydrogen (secondary N) is 1. The summed E-state index contributed by atoms with van der Waals surface area (Å²) in [6, 6.07) is 16.8. The maximum absolute atomic E-state index is 12.6. The highest BCUT2D eigenvalue weighted by molar-refractivity contribution is 5.89. The average molecular weight is 362 g/mol. The molecule has 2 amide bonds. The molecular formula is C21H22N4O2. The van der Waals surface area contributed by atoms with Crippen molar-refractivity contribution in [2.24, 2.45) is 5.92 Å². The minimum Gasteiger partial charge on any atom is -0.325 e. The van der Waals surface area contributed by atoms with Crippen molar-refractivity contribution >= 4 is 22.6 Å². The lowest BCUT2D eigenvalue weighted by atomic mass is 9.97. The number of rotatable bonds is 3. The number of amides is 2. The van der Waals surface area contributed by atoms with Gasteiger partial charge in [-0.3, -0.25) is 9.36 Å². The fourth-order valence-electron chi connectivity index (χ4n) is 3.56. The molecule has 6 nitrogen and oxygen atoms in total. The number of likely N-dealkylation sites (tertiary alicyclic amines) is 1. The van der Waals surface area contributed by atoms with Gasteiger partial charge in [-0.05, 0) is 43.0 Å². The number of hydrogen-bond acceptors (Lipinski definition) is 3. The van der Waals surface area contributed by atoms with E-state index >= 15 is 0 Å². The summed E-state index contributed by atoms with van der Waals surface area (Å²) in [5.74, 6) is 0.367. The molecule has 1 N–H and O–H groups in total. The van der Waals surface area contributed by atoms with Crippen molar-refractivity contribution in [3.05, 3.63) is 71.3 Å².